The second kappa shape index (κ2) is 4.24. The van der Waals surface area contributed by atoms with Crippen molar-refractivity contribution in [2.45, 2.75) is 24.6 Å². The third-order valence-corrected chi connectivity index (χ3v) is 2.94. The second-order valence-corrected chi connectivity index (χ2v) is 5.51. The van der Waals surface area contributed by atoms with Gasteiger partial charge < -0.3 is 5.32 Å². The van der Waals surface area contributed by atoms with Crippen LogP contribution in [-0.2, 0) is 12.8 Å². The lowest BCUT2D eigenvalue weighted by Crippen LogP contribution is -1.99. The Morgan fingerprint density at radius 2 is 2.40 bits per heavy atom. The van der Waals surface area contributed by atoms with Gasteiger partial charge in [0.15, 0.2) is 0 Å². The molecule has 1 heterocycles. The Labute approximate surface area is 98.4 Å². The summed E-state index contributed by atoms with van der Waals surface area (Å²) < 4.78 is 0. The van der Waals surface area contributed by atoms with Crippen LogP contribution in [0.4, 0.5) is 5.69 Å². The Bertz CT molecular complexity index is 418. The molecule has 0 aliphatic carbocycles. The molecule has 1 aromatic rings. The highest BCUT2D eigenvalue weighted by molar-refractivity contribution is 9.09. The van der Waals surface area contributed by atoms with Gasteiger partial charge in [0.25, 0.3) is 0 Å². The molecule has 0 saturated heterocycles. The highest BCUT2D eigenvalue weighted by atomic mass is 79.9. The maximum absolute atomic E-state index is 9.06. The number of anilines is 1. The number of nitriles is 1. The fourth-order valence-electron chi connectivity index (χ4n) is 2.03. The standard InChI is InChI=1S/C12H13BrN2/c1-8(13)4-9-5-10-2-3-15-12(10)11(6-9)7-14/h5-6,8,15H,2-4H2,1H3. The van der Waals surface area contributed by atoms with Crippen LogP contribution in [0, 0.1) is 11.3 Å². The highest BCUT2D eigenvalue weighted by Crippen LogP contribution is 2.28. The smallest absolute Gasteiger partial charge is 0.101 e. The van der Waals surface area contributed by atoms with Crippen molar-refractivity contribution in [2.24, 2.45) is 0 Å². The predicted molar refractivity (Wildman–Crippen MR) is 65.4 cm³/mol. The van der Waals surface area contributed by atoms with Gasteiger partial charge in [0.05, 0.1) is 11.3 Å². The minimum Gasteiger partial charge on any atom is -0.383 e. The van der Waals surface area contributed by atoms with Crippen LogP contribution in [0.2, 0.25) is 0 Å². The molecule has 0 spiro atoms. The summed E-state index contributed by atoms with van der Waals surface area (Å²) in [5.74, 6) is 0. The molecular formula is C12H13BrN2. The zero-order valence-corrected chi connectivity index (χ0v) is 10.3. The Morgan fingerprint density at radius 3 is 3.07 bits per heavy atom. The van der Waals surface area contributed by atoms with Crippen molar-refractivity contribution in [1.82, 2.24) is 0 Å². The molecule has 0 saturated carbocycles. The molecule has 1 aromatic carbocycles. The average Bonchev–Trinajstić information content (AvgIpc) is 2.63. The molecule has 1 aliphatic heterocycles. The summed E-state index contributed by atoms with van der Waals surface area (Å²) in [5.41, 5.74) is 4.37. The van der Waals surface area contributed by atoms with E-state index in [4.69, 9.17) is 5.26 Å². The number of alkyl halides is 1. The molecule has 1 atom stereocenters. The van der Waals surface area contributed by atoms with Crippen molar-refractivity contribution in [3.05, 3.63) is 28.8 Å². The van der Waals surface area contributed by atoms with E-state index in [9.17, 15) is 0 Å². The van der Waals surface area contributed by atoms with E-state index < -0.39 is 0 Å². The first-order chi connectivity index (χ1) is 7.20. The van der Waals surface area contributed by atoms with Gasteiger partial charge in [-0.1, -0.05) is 28.9 Å². The Hall–Kier alpha value is -1.01. The van der Waals surface area contributed by atoms with Gasteiger partial charge >= 0.3 is 0 Å². The van der Waals surface area contributed by atoms with E-state index in [1.165, 1.54) is 11.1 Å². The largest absolute Gasteiger partial charge is 0.383 e. The normalized spacial score (nSPS) is 15.3. The zero-order chi connectivity index (χ0) is 10.8. The lowest BCUT2D eigenvalue weighted by molar-refractivity contribution is 0.955. The van der Waals surface area contributed by atoms with Crippen molar-refractivity contribution in [1.29, 1.82) is 5.26 Å². The monoisotopic (exact) mass is 264 g/mol. The van der Waals surface area contributed by atoms with Crippen molar-refractivity contribution >= 4 is 21.6 Å². The van der Waals surface area contributed by atoms with Crippen LogP contribution < -0.4 is 5.32 Å². The van der Waals surface area contributed by atoms with Crippen molar-refractivity contribution in [3.63, 3.8) is 0 Å². The van der Waals surface area contributed by atoms with Gasteiger partial charge in [-0.15, -0.1) is 0 Å². The number of benzene rings is 1. The van der Waals surface area contributed by atoms with Gasteiger partial charge in [0.1, 0.15) is 6.07 Å². The molecule has 78 valence electrons. The van der Waals surface area contributed by atoms with Gasteiger partial charge in [-0.25, -0.2) is 0 Å². The van der Waals surface area contributed by atoms with Gasteiger partial charge in [-0.05, 0) is 30.0 Å². The van der Waals surface area contributed by atoms with E-state index in [1.54, 1.807) is 0 Å². The first kappa shape index (κ1) is 10.5. The van der Waals surface area contributed by atoms with Crippen molar-refractivity contribution in [3.8, 4) is 6.07 Å². The Morgan fingerprint density at radius 1 is 1.60 bits per heavy atom. The van der Waals surface area contributed by atoms with Gasteiger partial charge in [0, 0.05) is 11.4 Å². The number of fused-ring (bicyclic) bond motifs is 1. The van der Waals surface area contributed by atoms with Crippen LogP contribution >= 0.6 is 15.9 Å². The molecule has 15 heavy (non-hydrogen) atoms. The molecule has 1 N–H and O–H groups in total. The third kappa shape index (κ3) is 2.15. The third-order valence-electron chi connectivity index (χ3n) is 2.61. The first-order valence-corrected chi connectivity index (χ1v) is 6.06. The van der Waals surface area contributed by atoms with Crippen LogP contribution in [0.25, 0.3) is 0 Å². The number of rotatable bonds is 2. The molecule has 0 bridgehead atoms. The molecular weight excluding hydrogens is 252 g/mol. The van der Waals surface area contributed by atoms with Crippen LogP contribution in [0.3, 0.4) is 0 Å². The fourth-order valence-corrected chi connectivity index (χ4v) is 2.40. The average molecular weight is 265 g/mol. The maximum atomic E-state index is 9.06. The summed E-state index contributed by atoms with van der Waals surface area (Å²) in [4.78, 5) is 0.455. The van der Waals surface area contributed by atoms with E-state index in [-0.39, 0.29) is 0 Å². The highest BCUT2D eigenvalue weighted by Gasteiger charge is 2.15. The summed E-state index contributed by atoms with van der Waals surface area (Å²) in [6.45, 7) is 3.08. The van der Waals surface area contributed by atoms with E-state index in [0.29, 0.717) is 4.83 Å². The Balaban J connectivity index is 2.40. The molecule has 2 rings (SSSR count). The Kier molecular flexibility index (Phi) is 2.97. The lowest BCUT2D eigenvalue weighted by Gasteiger charge is -2.08. The van der Waals surface area contributed by atoms with Crippen LogP contribution in [0.1, 0.15) is 23.6 Å². The lowest BCUT2D eigenvalue weighted by atomic mass is 10.0. The number of nitrogens with zero attached hydrogens (tertiary/aromatic N) is 1. The fraction of sp³-hybridized carbons (Fsp3) is 0.417. The second-order valence-electron chi connectivity index (χ2n) is 3.95. The quantitative estimate of drug-likeness (QED) is 0.834. The summed E-state index contributed by atoms with van der Waals surface area (Å²) in [5, 5.41) is 12.3. The molecule has 3 heteroatoms. The maximum Gasteiger partial charge on any atom is 0.101 e. The van der Waals surface area contributed by atoms with E-state index in [1.807, 2.05) is 6.07 Å². The first-order valence-electron chi connectivity index (χ1n) is 5.14. The van der Waals surface area contributed by atoms with Gasteiger partial charge in [-0.3, -0.25) is 0 Å². The molecule has 1 aliphatic rings. The minimum absolute atomic E-state index is 0.455. The predicted octanol–water partition coefficient (Wildman–Crippen LogP) is 2.85. The van der Waals surface area contributed by atoms with Crippen molar-refractivity contribution in [2.75, 3.05) is 11.9 Å². The van der Waals surface area contributed by atoms with E-state index in [0.717, 1.165) is 30.6 Å². The van der Waals surface area contributed by atoms with Gasteiger partial charge in [0.2, 0.25) is 0 Å². The van der Waals surface area contributed by atoms with E-state index >= 15 is 0 Å². The molecule has 1 unspecified atom stereocenters. The van der Waals surface area contributed by atoms with Crippen LogP contribution in [0.5, 0.6) is 0 Å². The summed E-state index contributed by atoms with van der Waals surface area (Å²) in [6.07, 6.45) is 2.01. The molecule has 0 fully saturated rings. The number of nitrogens with one attached hydrogen (secondary N) is 1. The number of halogens is 1. The zero-order valence-electron chi connectivity index (χ0n) is 8.68. The molecule has 0 radical (unpaired) electrons. The minimum atomic E-state index is 0.455. The van der Waals surface area contributed by atoms with Crippen molar-refractivity contribution < 1.29 is 0 Å². The summed E-state index contributed by atoms with van der Waals surface area (Å²) in [6, 6.07) is 6.47. The molecule has 0 aromatic heterocycles. The number of hydrogen-bond acceptors (Lipinski definition) is 2. The van der Waals surface area contributed by atoms with Gasteiger partial charge in [-0.2, -0.15) is 5.26 Å². The summed E-state index contributed by atoms with van der Waals surface area (Å²) >= 11 is 3.54. The SMILES string of the molecule is CC(Br)Cc1cc(C#N)c2c(c1)CCN2. The van der Waals surface area contributed by atoms with Crippen LogP contribution in [0.15, 0.2) is 12.1 Å². The topological polar surface area (TPSA) is 35.8 Å². The summed E-state index contributed by atoms with van der Waals surface area (Å²) in [7, 11) is 0. The molecule has 0 amide bonds. The van der Waals surface area contributed by atoms with E-state index in [2.05, 4.69) is 40.3 Å². The number of hydrogen-bond donors (Lipinski definition) is 1. The molecule has 2 nitrogen and oxygen atoms in total. The van der Waals surface area contributed by atoms with Crippen LogP contribution in [-0.4, -0.2) is 11.4 Å².